The first-order valence-corrected chi connectivity index (χ1v) is 34.4. The number of allylic oxidation sites excluding steroid dienone is 1. The molecule has 458 valence electrons. The van der Waals surface area contributed by atoms with Crippen molar-refractivity contribution in [3.05, 3.63) is 12.2 Å². The van der Waals surface area contributed by atoms with E-state index in [0.29, 0.717) is 6.42 Å². The maximum absolute atomic E-state index is 13.1. The van der Waals surface area contributed by atoms with Crippen LogP contribution in [0.25, 0.3) is 0 Å². The second-order valence-corrected chi connectivity index (χ2v) is 24.3. The van der Waals surface area contributed by atoms with Gasteiger partial charge < -0.3 is 40.3 Å². The molecule has 1 aliphatic heterocycles. The quantitative estimate of drug-likeness (QED) is 0.0261. The summed E-state index contributed by atoms with van der Waals surface area (Å²) in [6.07, 6.45) is 67.8. The van der Waals surface area contributed by atoms with Gasteiger partial charge in [-0.25, -0.2) is 0 Å². The number of aliphatic hydroxyl groups excluding tert-OH is 5. The Morgan fingerprint density at radius 2 is 0.714 bits per heavy atom. The van der Waals surface area contributed by atoms with Crippen LogP contribution in [0.1, 0.15) is 361 Å². The second kappa shape index (κ2) is 58.1. The highest BCUT2D eigenvalue weighted by Gasteiger charge is 2.44. The Morgan fingerprint density at radius 1 is 0.429 bits per heavy atom. The van der Waals surface area contributed by atoms with Crippen LogP contribution in [0.5, 0.6) is 0 Å². The van der Waals surface area contributed by atoms with Crippen molar-refractivity contribution in [3.8, 4) is 0 Å². The first-order valence-electron chi connectivity index (χ1n) is 34.4. The largest absolute Gasteiger partial charge is 0.394 e. The smallest absolute Gasteiger partial charge is 0.220 e. The predicted octanol–water partition coefficient (Wildman–Crippen LogP) is 18.3. The van der Waals surface area contributed by atoms with E-state index in [1.165, 1.54) is 302 Å². The molecular weight excluding hydrogens is 959 g/mol. The lowest BCUT2D eigenvalue weighted by atomic mass is 9.99. The van der Waals surface area contributed by atoms with Crippen LogP contribution in [0.2, 0.25) is 0 Å². The van der Waals surface area contributed by atoms with E-state index in [4.69, 9.17) is 9.47 Å². The number of nitrogens with one attached hydrogen (secondary N) is 1. The number of carbonyl (C=O) groups is 1. The van der Waals surface area contributed by atoms with Gasteiger partial charge in [0.05, 0.1) is 25.4 Å². The van der Waals surface area contributed by atoms with Crippen molar-refractivity contribution < 1.29 is 39.8 Å². The Bertz CT molecular complexity index is 1220. The van der Waals surface area contributed by atoms with E-state index >= 15 is 0 Å². The molecule has 0 radical (unpaired) electrons. The van der Waals surface area contributed by atoms with Crippen molar-refractivity contribution in [1.82, 2.24) is 5.32 Å². The number of unbranched alkanes of at least 4 members (excludes halogenated alkanes) is 51. The van der Waals surface area contributed by atoms with Gasteiger partial charge in [-0.1, -0.05) is 347 Å². The van der Waals surface area contributed by atoms with E-state index in [0.717, 1.165) is 38.5 Å². The molecule has 7 unspecified atom stereocenters. The highest BCUT2D eigenvalue weighted by molar-refractivity contribution is 5.76. The maximum atomic E-state index is 13.1. The molecule has 1 fully saturated rings. The topological polar surface area (TPSA) is 149 Å². The van der Waals surface area contributed by atoms with Gasteiger partial charge in [-0.3, -0.25) is 4.79 Å². The lowest BCUT2D eigenvalue weighted by Crippen LogP contribution is -2.60. The van der Waals surface area contributed by atoms with E-state index < -0.39 is 49.5 Å². The summed E-state index contributed by atoms with van der Waals surface area (Å²) in [5, 5.41) is 54.5. The van der Waals surface area contributed by atoms with Gasteiger partial charge in [0.2, 0.25) is 5.91 Å². The fraction of sp³-hybridized carbons (Fsp3) is 0.956. The van der Waals surface area contributed by atoms with E-state index in [2.05, 4.69) is 19.2 Å². The van der Waals surface area contributed by atoms with Crippen LogP contribution in [0, 0.1) is 0 Å². The molecular formula is C68H133NO8. The van der Waals surface area contributed by atoms with Crippen LogP contribution in [-0.2, 0) is 14.3 Å². The standard InChI is InChI=1S/C68H133NO8/c1-3-5-7-9-11-13-15-17-18-19-20-21-22-23-24-25-26-27-28-29-30-31-32-33-34-35-36-37-38-39-40-41-42-43-44-46-48-50-52-54-56-58-64(72)69-61(60-76-68-67(75)66(74)65(73)63(59-70)77-68)62(71)57-55-53-51-49-47-45-16-14-12-10-8-6-4-2/h55,57,61-63,65-68,70-71,73-75H,3-54,56,58-60H2,1-2H3,(H,69,72)/b57-55+. The number of amides is 1. The SMILES string of the molecule is CCCCCCCCCCCCC/C=C/C(O)C(COC1OC(CO)C(O)C(O)C1O)NC(=O)CCCCCCCCCCCCCCCCCCCCCCCCCCCCCCCCCCCCCCCCCCC. The number of carbonyl (C=O) groups excluding carboxylic acids is 1. The van der Waals surface area contributed by atoms with E-state index in [1.807, 2.05) is 6.08 Å². The van der Waals surface area contributed by atoms with Gasteiger partial charge in [0.1, 0.15) is 24.4 Å². The molecule has 0 spiro atoms. The van der Waals surface area contributed by atoms with Gasteiger partial charge in [0.25, 0.3) is 0 Å². The third-order valence-electron chi connectivity index (χ3n) is 16.9. The highest BCUT2D eigenvalue weighted by Crippen LogP contribution is 2.24. The third-order valence-corrected chi connectivity index (χ3v) is 16.9. The van der Waals surface area contributed by atoms with Crippen molar-refractivity contribution in [2.45, 2.75) is 403 Å². The molecule has 77 heavy (non-hydrogen) atoms. The summed E-state index contributed by atoms with van der Waals surface area (Å²) in [5.41, 5.74) is 0. The van der Waals surface area contributed by atoms with Crippen LogP contribution in [0.4, 0.5) is 0 Å². The molecule has 7 atom stereocenters. The summed E-state index contributed by atoms with van der Waals surface area (Å²) >= 11 is 0. The number of hydrogen-bond acceptors (Lipinski definition) is 8. The number of rotatable bonds is 61. The maximum Gasteiger partial charge on any atom is 0.220 e. The van der Waals surface area contributed by atoms with Crippen LogP contribution in [0.3, 0.4) is 0 Å². The zero-order chi connectivity index (χ0) is 55.8. The van der Waals surface area contributed by atoms with Crippen molar-refractivity contribution in [2.75, 3.05) is 13.2 Å². The molecule has 6 N–H and O–H groups in total. The number of aliphatic hydroxyl groups is 5. The Kier molecular flexibility index (Phi) is 55.8. The lowest BCUT2D eigenvalue weighted by Gasteiger charge is -2.40. The van der Waals surface area contributed by atoms with Crippen LogP contribution >= 0.6 is 0 Å². The van der Waals surface area contributed by atoms with Gasteiger partial charge >= 0.3 is 0 Å². The summed E-state index contributed by atoms with van der Waals surface area (Å²) in [6.45, 7) is 3.81. The van der Waals surface area contributed by atoms with Gasteiger partial charge in [-0.05, 0) is 19.3 Å². The van der Waals surface area contributed by atoms with E-state index in [1.54, 1.807) is 6.08 Å². The fourth-order valence-electron chi connectivity index (χ4n) is 11.5. The summed E-state index contributed by atoms with van der Waals surface area (Å²) < 4.78 is 11.3. The van der Waals surface area contributed by atoms with Crippen LogP contribution in [0.15, 0.2) is 12.2 Å². The van der Waals surface area contributed by atoms with Crippen LogP contribution in [-0.4, -0.2) is 87.5 Å². The molecule has 0 aromatic carbocycles. The Hall–Kier alpha value is -1.07. The number of ether oxygens (including phenoxy) is 2. The summed E-state index contributed by atoms with van der Waals surface area (Å²) in [7, 11) is 0. The van der Waals surface area contributed by atoms with Gasteiger partial charge in [-0.15, -0.1) is 0 Å². The molecule has 0 aromatic heterocycles. The molecule has 9 heteroatoms. The minimum atomic E-state index is -1.56. The van der Waals surface area contributed by atoms with Gasteiger partial charge in [0, 0.05) is 6.42 Å². The first kappa shape index (κ1) is 73.9. The van der Waals surface area contributed by atoms with E-state index in [9.17, 15) is 30.3 Å². The molecule has 0 aromatic rings. The summed E-state index contributed by atoms with van der Waals surface area (Å²) in [4.78, 5) is 13.1. The molecule has 1 rings (SSSR count). The normalized spacial score (nSPS) is 18.7. The molecule has 0 aliphatic carbocycles. The van der Waals surface area contributed by atoms with Crippen molar-refractivity contribution in [3.63, 3.8) is 0 Å². The third kappa shape index (κ3) is 47.2. The first-order chi connectivity index (χ1) is 37.8. The zero-order valence-electron chi connectivity index (χ0n) is 51.3. The lowest BCUT2D eigenvalue weighted by molar-refractivity contribution is -0.302. The highest BCUT2D eigenvalue weighted by atomic mass is 16.7. The fourth-order valence-corrected chi connectivity index (χ4v) is 11.5. The minimum Gasteiger partial charge on any atom is -0.394 e. The Morgan fingerprint density at radius 3 is 1.01 bits per heavy atom. The molecule has 0 bridgehead atoms. The van der Waals surface area contributed by atoms with Gasteiger partial charge in [0.15, 0.2) is 6.29 Å². The molecule has 0 saturated carbocycles. The molecule has 1 heterocycles. The molecule has 1 saturated heterocycles. The molecule has 9 nitrogen and oxygen atoms in total. The predicted molar refractivity (Wildman–Crippen MR) is 327 cm³/mol. The molecule has 1 aliphatic rings. The van der Waals surface area contributed by atoms with E-state index in [-0.39, 0.29) is 12.5 Å². The number of hydrogen-bond donors (Lipinski definition) is 6. The molecule has 1 amide bonds. The average molecular weight is 1090 g/mol. The van der Waals surface area contributed by atoms with Crippen molar-refractivity contribution in [1.29, 1.82) is 0 Å². The van der Waals surface area contributed by atoms with Gasteiger partial charge in [-0.2, -0.15) is 0 Å². The van der Waals surface area contributed by atoms with Crippen molar-refractivity contribution >= 4 is 5.91 Å². The Balaban J connectivity index is 1.98. The second-order valence-electron chi connectivity index (χ2n) is 24.3. The zero-order valence-corrected chi connectivity index (χ0v) is 51.3. The minimum absolute atomic E-state index is 0.169. The van der Waals surface area contributed by atoms with Crippen LogP contribution < -0.4 is 5.32 Å². The monoisotopic (exact) mass is 1090 g/mol. The summed E-state index contributed by atoms with van der Waals surface area (Å²) in [5.74, 6) is -0.169. The Labute approximate surface area is 477 Å². The van der Waals surface area contributed by atoms with Crippen molar-refractivity contribution in [2.24, 2.45) is 0 Å². The average Bonchev–Trinajstić information content (AvgIpc) is 3.43. The summed E-state index contributed by atoms with van der Waals surface area (Å²) in [6, 6.07) is -0.800.